The number of H-pyrrole nitrogens is 1. The number of nitrogens with zero attached hydrogens (tertiary/aromatic N) is 1. The number of nitrogens with one attached hydrogen (secondary N) is 2. The lowest BCUT2D eigenvalue weighted by atomic mass is 10.5. The first kappa shape index (κ1) is 14.5. The van der Waals surface area contributed by atoms with E-state index in [2.05, 4.69) is 14.7 Å². The van der Waals surface area contributed by atoms with E-state index in [0.29, 0.717) is 18.1 Å². The van der Waals surface area contributed by atoms with Gasteiger partial charge in [0.15, 0.2) is 5.03 Å². The second-order valence-corrected chi connectivity index (χ2v) is 6.38. The van der Waals surface area contributed by atoms with Gasteiger partial charge < -0.3 is 10.1 Å². The molecular weight excluding hydrogens is 262 g/mol. The molecule has 98 valence electrons. The average molecular weight is 279 g/mol. The Labute approximate surface area is 105 Å². The zero-order valence-corrected chi connectivity index (χ0v) is 11.3. The molecule has 0 spiro atoms. The van der Waals surface area contributed by atoms with Crippen LogP contribution in [0.5, 0.6) is 0 Å². The van der Waals surface area contributed by atoms with Crippen molar-refractivity contribution < 1.29 is 13.5 Å². The molecule has 0 aliphatic heterocycles. The molecule has 0 atom stereocenters. The fraction of sp³-hybridized carbons (Fsp3) is 0.667. The van der Waals surface area contributed by atoms with Crippen molar-refractivity contribution in [2.45, 2.75) is 18.4 Å². The van der Waals surface area contributed by atoms with Gasteiger partial charge in [-0.15, -0.1) is 0 Å². The number of hydrogen-bond donors (Lipinski definition) is 3. The molecule has 0 aliphatic rings. The van der Waals surface area contributed by atoms with Crippen LogP contribution in [-0.2, 0) is 10.0 Å². The summed E-state index contributed by atoms with van der Waals surface area (Å²) in [4.78, 5) is 6.52. The van der Waals surface area contributed by atoms with E-state index in [1.807, 2.05) is 0 Å². The monoisotopic (exact) mass is 279 g/mol. The lowest BCUT2D eigenvalue weighted by Gasteiger charge is -2.04. The van der Waals surface area contributed by atoms with E-state index in [1.54, 1.807) is 18.7 Å². The van der Waals surface area contributed by atoms with Gasteiger partial charge in [0.2, 0.25) is 0 Å². The molecule has 0 unspecified atom stereocenters. The quantitative estimate of drug-likeness (QED) is 0.587. The topological polar surface area (TPSA) is 95.1 Å². The van der Waals surface area contributed by atoms with Crippen molar-refractivity contribution in [1.82, 2.24) is 14.7 Å². The van der Waals surface area contributed by atoms with Crippen LogP contribution in [0.3, 0.4) is 0 Å². The number of aliphatic hydroxyl groups is 1. The molecule has 0 amide bonds. The third kappa shape index (κ3) is 5.07. The molecule has 0 aliphatic carbocycles. The number of aromatic nitrogens is 2. The Morgan fingerprint density at radius 1 is 1.53 bits per heavy atom. The first-order valence-corrected chi connectivity index (χ1v) is 7.90. The molecule has 0 fully saturated rings. The predicted octanol–water partition coefficient (Wildman–Crippen LogP) is 0.112. The standard InChI is InChI=1S/C9H17N3O3S2/c1-8-10-7-9(12-8)17(14,15)11-3-6-16-5-2-4-13/h7,11,13H,2-6H2,1H3,(H,10,12). The maximum atomic E-state index is 11.7. The lowest BCUT2D eigenvalue weighted by Crippen LogP contribution is -2.26. The Morgan fingerprint density at radius 3 is 2.88 bits per heavy atom. The average Bonchev–Trinajstić information content (AvgIpc) is 2.71. The second-order valence-electron chi connectivity index (χ2n) is 3.42. The molecule has 0 aromatic carbocycles. The number of sulfonamides is 1. The van der Waals surface area contributed by atoms with Crippen LogP contribution in [0.25, 0.3) is 0 Å². The van der Waals surface area contributed by atoms with E-state index >= 15 is 0 Å². The van der Waals surface area contributed by atoms with Gasteiger partial charge in [-0.05, 0) is 19.1 Å². The van der Waals surface area contributed by atoms with Crippen molar-refractivity contribution in [2.24, 2.45) is 0 Å². The summed E-state index contributed by atoms with van der Waals surface area (Å²) in [5.41, 5.74) is 0. The van der Waals surface area contributed by atoms with Crippen LogP contribution in [-0.4, -0.2) is 48.1 Å². The van der Waals surface area contributed by atoms with Crippen molar-refractivity contribution >= 4 is 21.8 Å². The molecule has 1 heterocycles. The first-order valence-electron chi connectivity index (χ1n) is 5.26. The number of aryl methyl sites for hydroxylation is 1. The van der Waals surface area contributed by atoms with E-state index in [1.165, 1.54) is 6.20 Å². The number of thioether (sulfide) groups is 1. The van der Waals surface area contributed by atoms with Gasteiger partial charge in [0.25, 0.3) is 10.0 Å². The Hall–Kier alpha value is -0.570. The van der Waals surface area contributed by atoms with Crippen LogP contribution >= 0.6 is 11.8 Å². The van der Waals surface area contributed by atoms with Gasteiger partial charge in [-0.25, -0.2) is 18.1 Å². The van der Waals surface area contributed by atoms with Crippen LogP contribution in [0, 0.1) is 6.92 Å². The molecule has 17 heavy (non-hydrogen) atoms. The van der Waals surface area contributed by atoms with Gasteiger partial charge in [-0.1, -0.05) is 0 Å². The highest BCUT2D eigenvalue weighted by molar-refractivity contribution is 7.99. The van der Waals surface area contributed by atoms with E-state index in [4.69, 9.17) is 5.11 Å². The fourth-order valence-corrected chi connectivity index (χ4v) is 3.04. The zero-order chi connectivity index (χ0) is 12.7. The molecule has 1 rings (SSSR count). The molecule has 8 heteroatoms. The minimum atomic E-state index is -3.46. The van der Waals surface area contributed by atoms with E-state index in [-0.39, 0.29) is 11.6 Å². The Kier molecular flexibility index (Phi) is 5.96. The number of rotatable bonds is 8. The zero-order valence-electron chi connectivity index (χ0n) is 9.64. The molecule has 1 aromatic heterocycles. The highest BCUT2D eigenvalue weighted by Crippen LogP contribution is 2.05. The van der Waals surface area contributed by atoms with Gasteiger partial charge >= 0.3 is 0 Å². The van der Waals surface area contributed by atoms with Crippen LogP contribution in [0.1, 0.15) is 12.2 Å². The van der Waals surface area contributed by atoms with Crippen LogP contribution in [0.4, 0.5) is 0 Å². The Morgan fingerprint density at radius 2 is 2.29 bits per heavy atom. The summed E-state index contributed by atoms with van der Waals surface area (Å²) in [6.07, 6.45) is 2.04. The predicted molar refractivity (Wildman–Crippen MR) is 67.5 cm³/mol. The number of imidazole rings is 1. The molecule has 6 nitrogen and oxygen atoms in total. The Bertz CT molecular complexity index is 430. The number of aliphatic hydroxyl groups excluding tert-OH is 1. The number of aromatic amines is 1. The summed E-state index contributed by atoms with van der Waals surface area (Å²) in [7, 11) is -3.46. The first-order chi connectivity index (χ1) is 8.06. The maximum absolute atomic E-state index is 11.7. The summed E-state index contributed by atoms with van der Waals surface area (Å²) in [5.74, 6) is 2.09. The highest BCUT2D eigenvalue weighted by atomic mass is 32.2. The smallest absolute Gasteiger partial charge is 0.257 e. The van der Waals surface area contributed by atoms with Gasteiger partial charge in [0, 0.05) is 18.9 Å². The molecule has 0 radical (unpaired) electrons. The van der Waals surface area contributed by atoms with Crippen molar-refractivity contribution in [2.75, 3.05) is 24.7 Å². The summed E-state index contributed by atoms with van der Waals surface area (Å²) in [6.45, 7) is 2.24. The molecule has 1 aromatic rings. The normalized spacial score (nSPS) is 11.9. The van der Waals surface area contributed by atoms with Crippen LogP contribution in [0.2, 0.25) is 0 Å². The Balaban J connectivity index is 2.31. The molecule has 3 N–H and O–H groups in total. The summed E-state index contributed by atoms with van der Waals surface area (Å²) < 4.78 is 25.9. The molecule has 0 saturated carbocycles. The maximum Gasteiger partial charge on any atom is 0.257 e. The minimum Gasteiger partial charge on any atom is -0.396 e. The molecular formula is C9H17N3O3S2. The van der Waals surface area contributed by atoms with E-state index in [9.17, 15) is 8.42 Å². The summed E-state index contributed by atoms with van der Waals surface area (Å²) in [6, 6.07) is 0. The highest BCUT2D eigenvalue weighted by Gasteiger charge is 2.15. The fourth-order valence-electron chi connectivity index (χ4n) is 1.13. The minimum absolute atomic E-state index is 0.0929. The van der Waals surface area contributed by atoms with Crippen LogP contribution in [0.15, 0.2) is 11.2 Å². The molecule has 0 saturated heterocycles. The van der Waals surface area contributed by atoms with Gasteiger partial charge in [0.1, 0.15) is 5.82 Å². The SMILES string of the molecule is Cc1ncc(S(=O)(=O)NCCSCCCO)[nH]1. The lowest BCUT2D eigenvalue weighted by molar-refractivity contribution is 0.296. The van der Waals surface area contributed by atoms with E-state index in [0.717, 1.165) is 12.2 Å². The van der Waals surface area contributed by atoms with Crippen molar-refractivity contribution in [3.63, 3.8) is 0 Å². The van der Waals surface area contributed by atoms with E-state index < -0.39 is 10.0 Å². The summed E-state index contributed by atoms with van der Waals surface area (Å²) >= 11 is 1.61. The third-order valence-electron chi connectivity index (χ3n) is 1.95. The summed E-state index contributed by atoms with van der Waals surface area (Å²) in [5, 5.41) is 8.66. The van der Waals surface area contributed by atoms with Gasteiger partial charge in [-0.2, -0.15) is 11.8 Å². The van der Waals surface area contributed by atoms with Crippen LogP contribution < -0.4 is 4.72 Å². The van der Waals surface area contributed by atoms with Gasteiger partial charge in [0.05, 0.1) is 6.20 Å². The van der Waals surface area contributed by atoms with Gasteiger partial charge in [-0.3, -0.25) is 0 Å². The van der Waals surface area contributed by atoms with Crippen molar-refractivity contribution in [1.29, 1.82) is 0 Å². The number of hydrogen-bond acceptors (Lipinski definition) is 5. The molecule has 0 bridgehead atoms. The second kappa shape index (κ2) is 7.00. The van der Waals surface area contributed by atoms with Crippen molar-refractivity contribution in [3.05, 3.63) is 12.0 Å². The largest absolute Gasteiger partial charge is 0.396 e. The van der Waals surface area contributed by atoms with Crippen molar-refractivity contribution in [3.8, 4) is 0 Å². The third-order valence-corrected chi connectivity index (χ3v) is 4.40.